The number of carbonyl (C=O) groups excluding carboxylic acids is 3. The van der Waals surface area contributed by atoms with Crippen molar-refractivity contribution in [2.75, 3.05) is 23.7 Å². The molecule has 1 aliphatic rings. The van der Waals surface area contributed by atoms with Gasteiger partial charge in [-0.2, -0.15) is 13.2 Å². The first-order valence-electron chi connectivity index (χ1n) is 10.9. The third-order valence-electron chi connectivity index (χ3n) is 5.72. The highest BCUT2D eigenvalue weighted by atomic mass is 19.4. The first-order valence-corrected chi connectivity index (χ1v) is 10.9. The number of benzene rings is 2. The molecule has 0 spiro atoms. The van der Waals surface area contributed by atoms with Gasteiger partial charge in [0.2, 0.25) is 5.91 Å². The molecule has 0 saturated carbocycles. The van der Waals surface area contributed by atoms with Crippen molar-refractivity contribution in [3.8, 4) is 0 Å². The fourth-order valence-electron chi connectivity index (χ4n) is 3.86. The number of anilines is 2. The molecule has 2 aromatic carbocycles. The summed E-state index contributed by atoms with van der Waals surface area (Å²) in [5, 5.41) is 5.23. The monoisotopic (exact) mass is 485 g/mol. The number of halogens is 3. The van der Waals surface area contributed by atoms with Gasteiger partial charge in [0.05, 0.1) is 11.8 Å². The van der Waals surface area contributed by atoms with Gasteiger partial charge in [-0.3, -0.25) is 14.4 Å². The molecule has 1 aliphatic heterocycles. The van der Waals surface area contributed by atoms with E-state index in [-0.39, 0.29) is 34.7 Å². The van der Waals surface area contributed by atoms with E-state index in [0.29, 0.717) is 31.6 Å². The first kappa shape index (κ1) is 24.1. The van der Waals surface area contributed by atoms with Crippen LogP contribution >= 0.6 is 0 Å². The number of piperidine rings is 1. The van der Waals surface area contributed by atoms with Crippen molar-refractivity contribution in [1.29, 1.82) is 0 Å². The van der Waals surface area contributed by atoms with Crippen molar-refractivity contribution < 1.29 is 32.0 Å². The number of alkyl halides is 3. The number of furan rings is 1. The fraction of sp³-hybridized carbons (Fsp3) is 0.240. The van der Waals surface area contributed by atoms with E-state index in [0.717, 1.165) is 12.1 Å². The van der Waals surface area contributed by atoms with Crippen LogP contribution in [0.2, 0.25) is 0 Å². The van der Waals surface area contributed by atoms with Crippen LogP contribution in [0, 0.1) is 5.92 Å². The molecule has 35 heavy (non-hydrogen) atoms. The maximum absolute atomic E-state index is 12.9. The van der Waals surface area contributed by atoms with Crippen molar-refractivity contribution in [2.45, 2.75) is 19.0 Å². The van der Waals surface area contributed by atoms with Crippen LogP contribution in [0.5, 0.6) is 0 Å². The van der Waals surface area contributed by atoms with Crippen molar-refractivity contribution in [3.63, 3.8) is 0 Å². The molecular weight excluding hydrogens is 463 g/mol. The summed E-state index contributed by atoms with van der Waals surface area (Å²) in [6, 6.07) is 13.7. The lowest BCUT2D eigenvalue weighted by Gasteiger charge is -2.30. The van der Waals surface area contributed by atoms with Gasteiger partial charge in [-0.1, -0.05) is 12.1 Å². The highest BCUT2D eigenvalue weighted by molar-refractivity contribution is 6.05. The molecule has 0 radical (unpaired) electrons. The van der Waals surface area contributed by atoms with Crippen LogP contribution in [0.3, 0.4) is 0 Å². The SMILES string of the molecule is O=C(Nc1cccc(C(F)(F)F)c1)c1cccc(NC(=O)C2CCN(C(=O)c3ccco3)CC2)c1. The fourth-order valence-corrected chi connectivity index (χ4v) is 3.86. The topological polar surface area (TPSA) is 91.7 Å². The molecule has 0 bridgehead atoms. The van der Waals surface area contributed by atoms with Crippen LogP contribution in [0.25, 0.3) is 0 Å². The summed E-state index contributed by atoms with van der Waals surface area (Å²) in [6.45, 7) is 0.827. The number of hydrogen-bond donors (Lipinski definition) is 2. The predicted molar refractivity (Wildman–Crippen MR) is 122 cm³/mol. The number of nitrogens with one attached hydrogen (secondary N) is 2. The minimum Gasteiger partial charge on any atom is -0.459 e. The maximum Gasteiger partial charge on any atom is 0.416 e. The third kappa shape index (κ3) is 5.89. The molecule has 4 rings (SSSR count). The van der Waals surface area contributed by atoms with Crippen LogP contribution in [0.4, 0.5) is 24.5 Å². The summed E-state index contributed by atoms with van der Waals surface area (Å²) in [5.74, 6) is -1.10. The molecular formula is C25H22F3N3O4. The zero-order valence-electron chi connectivity index (χ0n) is 18.5. The van der Waals surface area contributed by atoms with Crippen LogP contribution in [-0.4, -0.2) is 35.7 Å². The summed E-state index contributed by atoms with van der Waals surface area (Å²) >= 11 is 0. The molecule has 10 heteroatoms. The van der Waals surface area contributed by atoms with Gasteiger partial charge in [-0.25, -0.2) is 0 Å². The molecule has 0 unspecified atom stereocenters. The second kappa shape index (κ2) is 10.0. The number of likely N-dealkylation sites (tertiary alicyclic amines) is 1. The van der Waals surface area contributed by atoms with E-state index in [1.165, 1.54) is 30.5 Å². The second-order valence-corrected chi connectivity index (χ2v) is 8.15. The second-order valence-electron chi connectivity index (χ2n) is 8.15. The van der Waals surface area contributed by atoms with Gasteiger partial charge < -0.3 is 20.0 Å². The number of hydrogen-bond acceptors (Lipinski definition) is 4. The van der Waals surface area contributed by atoms with Crippen molar-refractivity contribution >= 4 is 29.1 Å². The Morgan fingerprint density at radius 1 is 0.886 bits per heavy atom. The molecule has 0 atom stereocenters. The average Bonchev–Trinajstić information content (AvgIpc) is 3.38. The Bertz CT molecular complexity index is 1220. The average molecular weight is 485 g/mol. The Hall–Kier alpha value is -4.08. The number of nitrogens with zero attached hydrogens (tertiary/aromatic N) is 1. The van der Waals surface area contributed by atoms with Crippen LogP contribution in [-0.2, 0) is 11.0 Å². The number of amides is 3. The van der Waals surface area contributed by atoms with Gasteiger partial charge in [-0.05, 0) is 61.4 Å². The molecule has 2 N–H and O–H groups in total. The van der Waals surface area contributed by atoms with E-state index >= 15 is 0 Å². The van der Waals surface area contributed by atoms with Gasteiger partial charge in [0.25, 0.3) is 11.8 Å². The quantitative estimate of drug-likeness (QED) is 0.530. The summed E-state index contributed by atoms with van der Waals surface area (Å²) in [7, 11) is 0. The zero-order valence-corrected chi connectivity index (χ0v) is 18.5. The Kier molecular flexibility index (Phi) is 6.90. The molecule has 1 saturated heterocycles. The Balaban J connectivity index is 1.34. The van der Waals surface area contributed by atoms with E-state index in [1.807, 2.05) is 0 Å². The van der Waals surface area contributed by atoms with Crippen LogP contribution in [0.1, 0.15) is 39.3 Å². The lowest BCUT2D eigenvalue weighted by molar-refractivity contribution is -0.137. The minimum atomic E-state index is -4.52. The van der Waals surface area contributed by atoms with Crippen molar-refractivity contribution in [1.82, 2.24) is 4.90 Å². The molecule has 3 aromatic rings. The van der Waals surface area contributed by atoms with Gasteiger partial charge in [0.1, 0.15) is 0 Å². The lowest BCUT2D eigenvalue weighted by atomic mass is 9.95. The summed E-state index contributed by atoms with van der Waals surface area (Å²) in [5.41, 5.74) is -0.289. The smallest absolute Gasteiger partial charge is 0.416 e. The molecule has 1 fully saturated rings. The first-order chi connectivity index (χ1) is 16.7. The minimum absolute atomic E-state index is 0.00937. The highest BCUT2D eigenvalue weighted by Gasteiger charge is 2.31. The molecule has 3 amide bonds. The molecule has 1 aromatic heterocycles. The normalized spacial score (nSPS) is 14.4. The molecule has 7 nitrogen and oxygen atoms in total. The van der Waals surface area contributed by atoms with Gasteiger partial charge in [0, 0.05) is 35.9 Å². The van der Waals surface area contributed by atoms with E-state index in [4.69, 9.17) is 4.42 Å². The third-order valence-corrected chi connectivity index (χ3v) is 5.72. The largest absolute Gasteiger partial charge is 0.459 e. The summed E-state index contributed by atoms with van der Waals surface area (Å²) in [6.07, 6.45) is -2.13. The van der Waals surface area contributed by atoms with Gasteiger partial charge in [-0.15, -0.1) is 0 Å². The van der Waals surface area contributed by atoms with Crippen LogP contribution < -0.4 is 10.6 Å². The van der Waals surface area contributed by atoms with E-state index < -0.39 is 17.6 Å². The lowest BCUT2D eigenvalue weighted by Crippen LogP contribution is -2.41. The van der Waals surface area contributed by atoms with E-state index in [9.17, 15) is 27.6 Å². The summed E-state index contributed by atoms with van der Waals surface area (Å²) < 4.78 is 43.9. The molecule has 0 aliphatic carbocycles. The Labute approximate surface area is 198 Å². The van der Waals surface area contributed by atoms with Crippen molar-refractivity contribution in [3.05, 3.63) is 83.8 Å². The standard InChI is InChI=1S/C25H22F3N3O4/c26-25(27,28)18-5-2-7-20(15-18)30-23(33)17-4-1-6-19(14-17)29-22(32)16-9-11-31(12-10-16)24(34)21-8-3-13-35-21/h1-8,13-16H,9-12H2,(H,29,32)(H,30,33). The summed E-state index contributed by atoms with van der Waals surface area (Å²) in [4.78, 5) is 39.3. The van der Waals surface area contributed by atoms with Gasteiger partial charge >= 0.3 is 6.18 Å². The molecule has 182 valence electrons. The Morgan fingerprint density at radius 2 is 1.57 bits per heavy atom. The van der Waals surface area contributed by atoms with Crippen molar-refractivity contribution in [2.24, 2.45) is 5.92 Å². The maximum atomic E-state index is 12.9. The predicted octanol–water partition coefficient (Wildman–Crippen LogP) is 5.04. The Morgan fingerprint density at radius 3 is 2.23 bits per heavy atom. The number of carbonyl (C=O) groups is 3. The number of rotatable bonds is 5. The van der Waals surface area contributed by atoms with Gasteiger partial charge in [0.15, 0.2) is 5.76 Å². The van der Waals surface area contributed by atoms with E-state index in [1.54, 1.807) is 29.2 Å². The zero-order chi connectivity index (χ0) is 25.0. The van der Waals surface area contributed by atoms with Crippen LogP contribution in [0.15, 0.2) is 71.3 Å². The van der Waals surface area contributed by atoms with E-state index in [2.05, 4.69) is 10.6 Å². The highest BCUT2D eigenvalue weighted by Crippen LogP contribution is 2.31. The molecule has 2 heterocycles.